The monoisotopic (exact) mass is 340 g/mol. The van der Waals surface area contributed by atoms with Crippen molar-refractivity contribution in [3.8, 4) is 5.75 Å². The lowest BCUT2D eigenvalue weighted by Gasteiger charge is -2.10. The molecule has 1 atom stereocenters. The van der Waals surface area contributed by atoms with E-state index in [1.165, 1.54) is 12.1 Å². The SMILES string of the molecule is CC(C)=CC(=O)O.CCC(C)c1cc([N+](=O)[O-])cc([N+](=O)[O-])c1O. The first-order valence-corrected chi connectivity index (χ1v) is 7.04. The van der Waals surface area contributed by atoms with Crippen molar-refractivity contribution in [1.82, 2.24) is 0 Å². The Balaban J connectivity index is 0.000000640. The van der Waals surface area contributed by atoms with Crippen molar-refractivity contribution < 1.29 is 24.9 Å². The summed E-state index contributed by atoms with van der Waals surface area (Å²) in [5.41, 5.74) is 0.0280. The molecule has 0 aliphatic carbocycles. The smallest absolute Gasteiger partial charge is 0.328 e. The number of carboxylic acid groups (broad SMARTS) is 1. The van der Waals surface area contributed by atoms with Crippen molar-refractivity contribution in [2.45, 2.75) is 40.0 Å². The van der Waals surface area contributed by atoms with Crippen molar-refractivity contribution >= 4 is 17.3 Å². The van der Waals surface area contributed by atoms with Crippen LogP contribution in [0, 0.1) is 20.2 Å². The van der Waals surface area contributed by atoms with Crippen molar-refractivity contribution in [2.75, 3.05) is 0 Å². The van der Waals surface area contributed by atoms with Gasteiger partial charge >= 0.3 is 11.7 Å². The first-order valence-electron chi connectivity index (χ1n) is 7.04. The molecule has 24 heavy (non-hydrogen) atoms. The summed E-state index contributed by atoms with van der Waals surface area (Å²) in [4.78, 5) is 29.5. The van der Waals surface area contributed by atoms with E-state index in [0.29, 0.717) is 6.42 Å². The van der Waals surface area contributed by atoms with Gasteiger partial charge in [0, 0.05) is 17.7 Å². The third-order valence-electron chi connectivity index (χ3n) is 3.07. The fourth-order valence-corrected chi connectivity index (χ4v) is 1.71. The van der Waals surface area contributed by atoms with E-state index in [1.54, 1.807) is 20.8 Å². The molecule has 9 heteroatoms. The van der Waals surface area contributed by atoms with E-state index in [2.05, 4.69) is 0 Å². The first kappa shape index (κ1) is 21.0. The summed E-state index contributed by atoms with van der Waals surface area (Å²) < 4.78 is 0. The number of hydrogen-bond acceptors (Lipinski definition) is 6. The zero-order valence-electron chi connectivity index (χ0n) is 13.8. The molecule has 9 nitrogen and oxygen atoms in total. The lowest BCUT2D eigenvalue weighted by atomic mass is 9.96. The molecule has 0 fully saturated rings. The van der Waals surface area contributed by atoms with Crippen LogP contribution >= 0.6 is 0 Å². The topological polar surface area (TPSA) is 144 Å². The minimum atomic E-state index is -0.875. The van der Waals surface area contributed by atoms with E-state index in [1.807, 2.05) is 6.92 Å². The molecular weight excluding hydrogens is 320 g/mol. The Morgan fingerprint density at radius 1 is 1.25 bits per heavy atom. The fraction of sp³-hybridized carbons (Fsp3) is 0.400. The van der Waals surface area contributed by atoms with Crippen LogP contribution in [0.5, 0.6) is 5.75 Å². The molecule has 132 valence electrons. The summed E-state index contributed by atoms with van der Waals surface area (Å²) in [6.45, 7) is 7.06. The van der Waals surface area contributed by atoms with Gasteiger partial charge in [-0.3, -0.25) is 20.2 Å². The first-order chi connectivity index (χ1) is 11.0. The Hall–Kier alpha value is -2.97. The van der Waals surface area contributed by atoms with E-state index in [-0.39, 0.29) is 17.2 Å². The Kier molecular flexibility index (Phi) is 8.09. The number of aliphatic carboxylic acids is 1. The van der Waals surface area contributed by atoms with Crippen molar-refractivity contribution in [1.29, 1.82) is 0 Å². The van der Waals surface area contributed by atoms with E-state index in [9.17, 15) is 30.1 Å². The van der Waals surface area contributed by atoms with Gasteiger partial charge in [-0.05, 0) is 26.2 Å². The molecule has 2 N–H and O–H groups in total. The summed E-state index contributed by atoms with van der Waals surface area (Å²) in [7, 11) is 0. The number of nitrogens with zero attached hydrogens (tertiary/aromatic N) is 2. The Morgan fingerprint density at radius 2 is 1.79 bits per heavy atom. The van der Waals surface area contributed by atoms with Gasteiger partial charge in [0.25, 0.3) is 5.69 Å². The third-order valence-corrected chi connectivity index (χ3v) is 3.07. The molecular formula is C15H20N2O7. The number of rotatable bonds is 5. The maximum Gasteiger partial charge on any atom is 0.328 e. The van der Waals surface area contributed by atoms with Gasteiger partial charge in [-0.2, -0.15) is 0 Å². The number of aromatic hydroxyl groups is 1. The molecule has 0 aliphatic rings. The number of hydrogen-bond donors (Lipinski definition) is 2. The van der Waals surface area contributed by atoms with Crippen LogP contribution in [0.2, 0.25) is 0 Å². The molecule has 1 aromatic carbocycles. The highest BCUT2D eigenvalue weighted by molar-refractivity contribution is 5.80. The maximum atomic E-state index is 10.7. The summed E-state index contributed by atoms with van der Waals surface area (Å²) in [6.07, 6.45) is 1.78. The number of phenols is 1. The van der Waals surface area contributed by atoms with Gasteiger partial charge in [-0.1, -0.05) is 19.4 Å². The second kappa shape index (κ2) is 9.23. The number of nitro benzene ring substituents is 2. The molecule has 1 aromatic rings. The van der Waals surface area contributed by atoms with Crippen LogP contribution in [0.3, 0.4) is 0 Å². The molecule has 0 aromatic heterocycles. The normalized spacial score (nSPS) is 10.8. The number of phenolic OH excluding ortho intramolecular Hbond substituents is 1. The molecule has 1 rings (SSSR count). The summed E-state index contributed by atoms with van der Waals surface area (Å²) in [5, 5.41) is 39.0. The number of non-ortho nitro benzene ring substituents is 1. The third kappa shape index (κ3) is 6.42. The summed E-state index contributed by atoms with van der Waals surface area (Å²) >= 11 is 0. The van der Waals surface area contributed by atoms with Crippen LogP contribution < -0.4 is 0 Å². The average Bonchev–Trinajstić information content (AvgIpc) is 2.45. The molecule has 1 unspecified atom stereocenters. The van der Waals surface area contributed by atoms with Crippen LogP contribution in [-0.4, -0.2) is 26.0 Å². The number of benzene rings is 1. The lowest BCUT2D eigenvalue weighted by Crippen LogP contribution is -1.99. The van der Waals surface area contributed by atoms with Crippen molar-refractivity contribution in [3.05, 3.63) is 49.6 Å². The van der Waals surface area contributed by atoms with Gasteiger partial charge in [0.2, 0.25) is 0 Å². The minimum Gasteiger partial charge on any atom is -0.502 e. The highest BCUT2D eigenvalue weighted by atomic mass is 16.6. The van der Waals surface area contributed by atoms with Crippen LogP contribution in [0.1, 0.15) is 45.6 Å². The maximum absolute atomic E-state index is 10.7. The standard InChI is InChI=1S/C10H12N2O5.C5H8O2/c1-3-6(2)8-4-7(11(14)15)5-9(10(8)13)12(16)17;1-4(2)3-5(6)7/h4-6,13H,3H2,1-2H3;3H,1-2H3,(H,6,7). The van der Waals surface area contributed by atoms with Crippen LogP contribution in [0.25, 0.3) is 0 Å². The van der Waals surface area contributed by atoms with Crippen molar-refractivity contribution in [2.24, 2.45) is 0 Å². The predicted octanol–water partition coefficient (Wildman–Crippen LogP) is 3.76. The second-order valence-corrected chi connectivity index (χ2v) is 5.29. The van der Waals surface area contributed by atoms with Crippen molar-refractivity contribution in [3.63, 3.8) is 0 Å². The van der Waals surface area contributed by atoms with Gasteiger partial charge < -0.3 is 10.2 Å². The van der Waals surface area contributed by atoms with Crippen LogP contribution in [0.4, 0.5) is 11.4 Å². The number of carboxylic acids is 1. The van der Waals surface area contributed by atoms with Crippen LogP contribution in [-0.2, 0) is 4.79 Å². The fourth-order valence-electron chi connectivity index (χ4n) is 1.71. The molecule has 0 amide bonds. The lowest BCUT2D eigenvalue weighted by molar-refractivity contribution is -0.394. The molecule has 0 aliphatic heterocycles. The van der Waals surface area contributed by atoms with Crippen LogP contribution in [0.15, 0.2) is 23.8 Å². The largest absolute Gasteiger partial charge is 0.502 e. The molecule has 0 saturated carbocycles. The molecule has 0 bridgehead atoms. The van der Waals surface area contributed by atoms with Gasteiger partial charge in [0.1, 0.15) is 0 Å². The highest BCUT2D eigenvalue weighted by Crippen LogP contribution is 2.38. The van der Waals surface area contributed by atoms with Gasteiger partial charge in [0.05, 0.1) is 15.9 Å². The molecule has 0 radical (unpaired) electrons. The second-order valence-electron chi connectivity index (χ2n) is 5.29. The molecule has 0 heterocycles. The van der Waals surface area contributed by atoms with Gasteiger partial charge in [-0.15, -0.1) is 0 Å². The molecule has 0 spiro atoms. The van der Waals surface area contributed by atoms with E-state index < -0.39 is 27.3 Å². The number of nitro groups is 2. The number of carbonyl (C=O) groups is 1. The van der Waals surface area contributed by atoms with Gasteiger partial charge in [0.15, 0.2) is 5.75 Å². The van der Waals surface area contributed by atoms with E-state index >= 15 is 0 Å². The predicted molar refractivity (Wildman–Crippen MR) is 87.2 cm³/mol. The summed E-state index contributed by atoms with van der Waals surface area (Å²) in [5.74, 6) is -1.55. The molecule has 0 saturated heterocycles. The average molecular weight is 340 g/mol. The Morgan fingerprint density at radius 3 is 2.08 bits per heavy atom. The zero-order valence-corrected chi connectivity index (χ0v) is 13.8. The highest BCUT2D eigenvalue weighted by Gasteiger charge is 2.25. The Bertz CT molecular complexity index is 664. The minimum absolute atomic E-state index is 0.186. The quantitative estimate of drug-likeness (QED) is 0.471. The van der Waals surface area contributed by atoms with E-state index in [0.717, 1.165) is 11.6 Å². The summed E-state index contributed by atoms with van der Waals surface area (Å²) in [6, 6.07) is 1.94. The number of allylic oxidation sites excluding steroid dienone is 1. The van der Waals surface area contributed by atoms with E-state index in [4.69, 9.17) is 5.11 Å². The Labute approximate surface area is 138 Å². The van der Waals surface area contributed by atoms with Gasteiger partial charge in [-0.25, -0.2) is 4.79 Å². The zero-order chi connectivity index (χ0) is 19.0.